The molecule has 2 heterocycles. The van der Waals surface area contributed by atoms with Crippen molar-refractivity contribution in [3.05, 3.63) is 41.3 Å². The van der Waals surface area contributed by atoms with E-state index in [1.165, 1.54) is 12.0 Å². The number of carbonyl (C=O) groups is 1. The Labute approximate surface area is 215 Å². The van der Waals surface area contributed by atoms with Gasteiger partial charge in [0.2, 0.25) is 11.3 Å². The maximum atomic E-state index is 13.5. The second kappa shape index (κ2) is 12.9. The number of hydrogen-bond acceptors (Lipinski definition) is 7. The molecular formula is C27H42N3O5P. The minimum absolute atomic E-state index is 0.0572. The van der Waals surface area contributed by atoms with E-state index < -0.39 is 7.60 Å². The number of aryl methyl sites for hydroxylation is 1. The zero-order valence-electron chi connectivity index (χ0n) is 22.5. The lowest BCUT2D eigenvalue weighted by atomic mass is 9.87. The van der Waals surface area contributed by atoms with Gasteiger partial charge in [-0.15, -0.1) is 0 Å². The first-order chi connectivity index (χ1) is 17.2. The summed E-state index contributed by atoms with van der Waals surface area (Å²) in [5.74, 6) is 0.965. The van der Waals surface area contributed by atoms with Gasteiger partial charge in [0.05, 0.1) is 13.2 Å². The van der Waals surface area contributed by atoms with E-state index in [0.717, 1.165) is 38.8 Å². The molecule has 9 heteroatoms. The zero-order valence-corrected chi connectivity index (χ0v) is 23.4. The summed E-state index contributed by atoms with van der Waals surface area (Å²) in [6, 6.07) is 7.78. The van der Waals surface area contributed by atoms with Gasteiger partial charge < -0.3 is 23.7 Å². The highest BCUT2D eigenvalue weighted by atomic mass is 31.2. The summed E-state index contributed by atoms with van der Waals surface area (Å²) < 4.78 is 30.8. The normalized spacial score (nSPS) is 14.8. The molecule has 0 aliphatic carbocycles. The molecule has 3 rings (SSSR count). The Kier molecular flexibility index (Phi) is 10.2. The van der Waals surface area contributed by atoms with Crippen molar-refractivity contribution in [3.63, 3.8) is 0 Å². The van der Waals surface area contributed by atoms with Crippen molar-refractivity contribution < 1.29 is 22.8 Å². The number of piperidine rings is 1. The van der Waals surface area contributed by atoms with Crippen LogP contribution in [0.3, 0.4) is 0 Å². The second-order valence-corrected chi connectivity index (χ2v) is 12.1. The Balaban J connectivity index is 1.58. The average Bonchev–Trinajstić information content (AvgIpc) is 3.29. The first-order valence-corrected chi connectivity index (χ1v) is 14.7. The summed E-state index contributed by atoms with van der Waals surface area (Å²) in [7, 11) is -3.56. The number of hydrogen-bond donors (Lipinski definition) is 1. The molecule has 1 aliphatic heterocycles. The van der Waals surface area contributed by atoms with Crippen LogP contribution in [-0.2, 0) is 25.4 Å². The van der Waals surface area contributed by atoms with Crippen molar-refractivity contribution in [1.29, 1.82) is 0 Å². The highest BCUT2D eigenvalue weighted by molar-refractivity contribution is 7.62. The van der Waals surface area contributed by atoms with Gasteiger partial charge in [-0.2, -0.15) is 0 Å². The lowest BCUT2D eigenvalue weighted by molar-refractivity contribution is 0.0953. The number of benzene rings is 1. The van der Waals surface area contributed by atoms with Gasteiger partial charge in [0.1, 0.15) is 0 Å². The Hall–Kier alpha value is -2.15. The lowest BCUT2D eigenvalue weighted by Gasteiger charge is -2.27. The van der Waals surface area contributed by atoms with E-state index in [1.54, 1.807) is 13.8 Å². The second-order valence-electron chi connectivity index (χ2n) is 10.2. The highest BCUT2D eigenvalue weighted by Crippen LogP contribution is 2.49. The number of oxazole rings is 1. The molecule has 0 unspecified atom stereocenters. The lowest BCUT2D eigenvalue weighted by Crippen LogP contribution is -2.33. The standard InChI is InChI=1S/C27H42N3O5P/c1-6-33-36(32,34-7-2)25-26(30-19-11-8-12-20-30)35-23(29-25)13-9-10-18-28-24(31)21-14-16-22(17-15-21)27(3,4)5/h14-17H,6-13,18-20H2,1-5H3,(H,28,31). The molecule has 36 heavy (non-hydrogen) atoms. The molecule has 0 spiro atoms. The van der Waals surface area contributed by atoms with Gasteiger partial charge in [-0.25, -0.2) is 4.98 Å². The Morgan fingerprint density at radius 2 is 1.69 bits per heavy atom. The van der Waals surface area contributed by atoms with Crippen LogP contribution in [0.15, 0.2) is 28.7 Å². The predicted octanol–water partition coefficient (Wildman–Crippen LogP) is 5.61. The molecular weight excluding hydrogens is 477 g/mol. The van der Waals surface area contributed by atoms with Crippen LogP contribution in [0.4, 0.5) is 5.88 Å². The van der Waals surface area contributed by atoms with Crippen LogP contribution in [0.25, 0.3) is 0 Å². The average molecular weight is 520 g/mol. The van der Waals surface area contributed by atoms with Crippen LogP contribution in [0.5, 0.6) is 0 Å². The molecule has 2 aromatic rings. The molecule has 200 valence electrons. The van der Waals surface area contributed by atoms with Crippen molar-refractivity contribution in [3.8, 4) is 0 Å². The van der Waals surface area contributed by atoms with E-state index in [9.17, 15) is 9.36 Å². The monoisotopic (exact) mass is 519 g/mol. The van der Waals surface area contributed by atoms with Crippen LogP contribution < -0.4 is 15.7 Å². The third-order valence-electron chi connectivity index (χ3n) is 6.25. The van der Waals surface area contributed by atoms with E-state index in [2.05, 4.69) is 36.0 Å². The minimum atomic E-state index is -3.56. The maximum Gasteiger partial charge on any atom is 0.385 e. The summed E-state index contributed by atoms with van der Waals surface area (Å²) in [6.07, 6.45) is 5.42. The summed E-state index contributed by atoms with van der Waals surface area (Å²) in [6.45, 7) is 12.8. The van der Waals surface area contributed by atoms with Crippen LogP contribution in [0.1, 0.15) is 88.5 Å². The fourth-order valence-electron chi connectivity index (χ4n) is 4.26. The van der Waals surface area contributed by atoms with Gasteiger partial charge in [-0.05, 0) is 69.1 Å². The number of amides is 1. The largest absolute Gasteiger partial charge is 0.424 e. The van der Waals surface area contributed by atoms with Gasteiger partial charge in [-0.3, -0.25) is 9.36 Å². The van der Waals surface area contributed by atoms with Crippen molar-refractivity contribution >= 4 is 24.8 Å². The topological polar surface area (TPSA) is 93.9 Å². The first kappa shape index (κ1) is 28.4. The molecule has 1 aromatic carbocycles. The molecule has 0 saturated carbocycles. The van der Waals surface area contributed by atoms with Gasteiger partial charge in [0.15, 0.2) is 5.89 Å². The van der Waals surface area contributed by atoms with Crippen LogP contribution in [-0.4, -0.2) is 43.7 Å². The van der Waals surface area contributed by atoms with Crippen LogP contribution >= 0.6 is 7.60 Å². The van der Waals surface area contributed by atoms with Crippen molar-refractivity contribution in [2.45, 2.75) is 78.6 Å². The van der Waals surface area contributed by atoms with Crippen LogP contribution in [0.2, 0.25) is 0 Å². The number of anilines is 1. The molecule has 1 N–H and O–H groups in total. The third-order valence-corrected chi connectivity index (χ3v) is 8.26. The molecule has 1 aromatic heterocycles. The predicted molar refractivity (Wildman–Crippen MR) is 143 cm³/mol. The van der Waals surface area contributed by atoms with Gasteiger partial charge in [-0.1, -0.05) is 32.9 Å². The van der Waals surface area contributed by atoms with Crippen molar-refractivity contribution in [1.82, 2.24) is 10.3 Å². The van der Waals surface area contributed by atoms with Crippen molar-refractivity contribution in [2.75, 3.05) is 37.7 Å². The molecule has 1 saturated heterocycles. The fraction of sp³-hybridized carbons (Fsp3) is 0.630. The zero-order chi connectivity index (χ0) is 26.2. The number of unbranched alkanes of at least 4 members (excludes halogenated alkanes) is 1. The molecule has 8 nitrogen and oxygen atoms in total. The molecule has 0 bridgehead atoms. The smallest absolute Gasteiger partial charge is 0.385 e. The van der Waals surface area contributed by atoms with Crippen molar-refractivity contribution in [2.24, 2.45) is 0 Å². The maximum absolute atomic E-state index is 13.5. The number of rotatable bonds is 12. The number of aromatic nitrogens is 1. The third kappa shape index (κ3) is 7.44. The van der Waals surface area contributed by atoms with Gasteiger partial charge in [0.25, 0.3) is 5.91 Å². The SMILES string of the molecule is CCOP(=O)(OCC)c1nc(CCCCNC(=O)c2ccc(C(C)(C)C)cc2)oc1N1CCCCC1. The van der Waals surface area contributed by atoms with E-state index in [4.69, 9.17) is 13.5 Å². The van der Waals surface area contributed by atoms with Gasteiger partial charge in [0, 0.05) is 31.6 Å². The Morgan fingerprint density at radius 1 is 1.06 bits per heavy atom. The summed E-state index contributed by atoms with van der Waals surface area (Å²) >= 11 is 0. The fourth-order valence-corrected chi connectivity index (χ4v) is 5.91. The summed E-state index contributed by atoms with van der Waals surface area (Å²) in [4.78, 5) is 19.2. The first-order valence-electron chi connectivity index (χ1n) is 13.2. The minimum Gasteiger partial charge on any atom is -0.424 e. The number of nitrogens with one attached hydrogen (secondary N) is 1. The molecule has 1 fully saturated rings. The summed E-state index contributed by atoms with van der Waals surface area (Å²) in [5.41, 5.74) is 2.21. The number of nitrogens with zero attached hydrogens (tertiary/aromatic N) is 2. The number of carbonyl (C=O) groups excluding carboxylic acids is 1. The highest BCUT2D eigenvalue weighted by Gasteiger charge is 2.37. The van der Waals surface area contributed by atoms with E-state index >= 15 is 0 Å². The van der Waals surface area contributed by atoms with Gasteiger partial charge >= 0.3 is 7.60 Å². The molecule has 0 radical (unpaired) electrons. The molecule has 0 atom stereocenters. The summed E-state index contributed by atoms with van der Waals surface area (Å²) in [5, 5.41) is 2.99. The molecule has 1 amide bonds. The van der Waals surface area contributed by atoms with E-state index in [-0.39, 0.29) is 30.0 Å². The molecule has 1 aliphatic rings. The van der Waals surface area contributed by atoms with Crippen LogP contribution in [0, 0.1) is 0 Å². The Bertz CT molecular complexity index is 1010. The van der Waals surface area contributed by atoms with E-state index in [1.807, 2.05) is 24.3 Å². The Morgan fingerprint density at radius 3 is 2.28 bits per heavy atom. The van der Waals surface area contributed by atoms with E-state index in [0.29, 0.717) is 30.3 Å². The quantitative estimate of drug-likeness (QED) is 0.288.